The molecule has 0 aliphatic carbocycles. The van der Waals surface area contributed by atoms with Crippen molar-refractivity contribution >= 4 is 28.6 Å². The fourth-order valence-corrected chi connectivity index (χ4v) is 2.10. The zero-order valence-electron chi connectivity index (χ0n) is 12.4. The summed E-state index contributed by atoms with van der Waals surface area (Å²) in [6.45, 7) is 0. The molecule has 116 valence electrons. The molecule has 0 saturated heterocycles. The van der Waals surface area contributed by atoms with E-state index in [-0.39, 0.29) is 17.3 Å². The summed E-state index contributed by atoms with van der Waals surface area (Å²) >= 11 is 0. The average molecular weight is 309 g/mol. The minimum Gasteiger partial charge on any atom is -0.382 e. The molecule has 7 N–H and O–H groups in total. The van der Waals surface area contributed by atoms with E-state index in [0.717, 1.165) is 5.56 Å². The Hall–Kier alpha value is -3.49. The lowest BCUT2D eigenvalue weighted by molar-refractivity contribution is 1.13. The van der Waals surface area contributed by atoms with Gasteiger partial charge in [0.25, 0.3) is 0 Å². The lowest BCUT2D eigenvalue weighted by atomic mass is 10.2. The van der Waals surface area contributed by atoms with E-state index in [1.807, 2.05) is 30.3 Å². The number of nitrogens with two attached hydrogens (primary N) is 3. The summed E-state index contributed by atoms with van der Waals surface area (Å²) in [6.07, 6.45) is 0. The molecule has 0 spiro atoms. The first-order valence-electron chi connectivity index (χ1n) is 6.76. The largest absolute Gasteiger partial charge is 0.382 e. The van der Waals surface area contributed by atoms with Crippen molar-refractivity contribution in [3.8, 4) is 11.4 Å². The number of hydrogen-bond acceptors (Lipinski definition) is 8. The highest BCUT2D eigenvalue weighted by Crippen LogP contribution is 2.23. The first-order chi connectivity index (χ1) is 11.1. The van der Waals surface area contributed by atoms with Gasteiger partial charge in [-0.2, -0.15) is 5.10 Å². The molecule has 2 heterocycles. The number of hydrazone groups is 1. The number of amidine groups is 1. The second kappa shape index (κ2) is 5.72. The second-order valence-electron chi connectivity index (χ2n) is 4.66. The Morgan fingerprint density at radius 2 is 1.83 bits per heavy atom. The standard InChI is InChI=1S/C14H15N9/c1-18-13-9-14(20-10(15)8(19-9)11(16)23-17)22-12(21-13)7-5-3-2-4-6-7/h2-6H,17H2,1H3,(H2,16,23)(H3,15,18,20,21,22). The van der Waals surface area contributed by atoms with Crippen molar-refractivity contribution in [3.05, 3.63) is 36.0 Å². The van der Waals surface area contributed by atoms with Crippen LogP contribution in [0.25, 0.3) is 22.6 Å². The Morgan fingerprint density at radius 1 is 1.09 bits per heavy atom. The van der Waals surface area contributed by atoms with Crippen LogP contribution < -0.4 is 22.6 Å². The molecule has 0 saturated carbocycles. The molecule has 9 nitrogen and oxygen atoms in total. The van der Waals surface area contributed by atoms with Gasteiger partial charge < -0.3 is 22.6 Å². The smallest absolute Gasteiger partial charge is 0.186 e. The first-order valence-corrected chi connectivity index (χ1v) is 6.76. The second-order valence-corrected chi connectivity index (χ2v) is 4.66. The van der Waals surface area contributed by atoms with Crippen LogP contribution in [0.5, 0.6) is 0 Å². The van der Waals surface area contributed by atoms with E-state index in [4.69, 9.17) is 17.3 Å². The molecule has 0 fully saturated rings. The quantitative estimate of drug-likeness (QED) is 0.233. The fourth-order valence-electron chi connectivity index (χ4n) is 2.10. The van der Waals surface area contributed by atoms with E-state index in [2.05, 4.69) is 30.4 Å². The maximum atomic E-state index is 5.87. The summed E-state index contributed by atoms with van der Waals surface area (Å²) in [4.78, 5) is 17.5. The maximum absolute atomic E-state index is 5.87. The number of nitrogens with zero attached hydrogens (tertiary/aromatic N) is 5. The predicted molar refractivity (Wildman–Crippen MR) is 89.4 cm³/mol. The van der Waals surface area contributed by atoms with Crippen LogP contribution in [-0.2, 0) is 0 Å². The Labute approximate surface area is 131 Å². The number of fused-ring (bicyclic) bond motifs is 1. The van der Waals surface area contributed by atoms with Crippen molar-refractivity contribution < 1.29 is 0 Å². The zero-order valence-corrected chi connectivity index (χ0v) is 12.4. The molecule has 0 unspecified atom stereocenters. The summed E-state index contributed by atoms with van der Waals surface area (Å²) in [7, 11) is 1.73. The monoisotopic (exact) mass is 309 g/mol. The van der Waals surface area contributed by atoms with Gasteiger partial charge in [-0.1, -0.05) is 30.3 Å². The van der Waals surface area contributed by atoms with Crippen molar-refractivity contribution in [2.75, 3.05) is 18.1 Å². The van der Waals surface area contributed by atoms with Crippen LogP contribution in [0.1, 0.15) is 5.69 Å². The topological polar surface area (TPSA) is 154 Å². The SMILES string of the molecule is CNc1nc(-c2ccccc2)nc2nc(N)c(C(N)=NN)nc12. The molecule has 0 aliphatic rings. The van der Waals surface area contributed by atoms with Crippen molar-refractivity contribution in [2.45, 2.75) is 0 Å². The number of aromatic nitrogens is 4. The Morgan fingerprint density at radius 3 is 2.48 bits per heavy atom. The van der Waals surface area contributed by atoms with E-state index in [1.54, 1.807) is 7.05 Å². The number of nitrogens with one attached hydrogen (secondary N) is 1. The minimum absolute atomic E-state index is 0.00825. The summed E-state index contributed by atoms with van der Waals surface area (Å²) in [5, 5.41) is 6.38. The molecule has 0 bridgehead atoms. The van der Waals surface area contributed by atoms with E-state index in [1.165, 1.54) is 0 Å². The molecular weight excluding hydrogens is 294 g/mol. The third kappa shape index (κ3) is 2.55. The van der Waals surface area contributed by atoms with Gasteiger partial charge in [-0.3, -0.25) is 0 Å². The number of rotatable bonds is 3. The van der Waals surface area contributed by atoms with Gasteiger partial charge in [0.15, 0.2) is 34.5 Å². The van der Waals surface area contributed by atoms with E-state index < -0.39 is 0 Å². The summed E-state index contributed by atoms with van der Waals surface area (Å²) < 4.78 is 0. The van der Waals surface area contributed by atoms with Crippen LogP contribution >= 0.6 is 0 Å². The summed E-state index contributed by atoms with van der Waals surface area (Å²) in [6, 6.07) is 9.55. The number of nitrogen functional groups attached to an aromatic ring is 1. The predicted octanol–water partition coefficient (Wildman–Crippen LogP) is 0.290. The number of benzene rings is 1. The van der Waals surface area contributed by atoms with Gasteiger partial charge in [0.2, 0.25) is 0 Å². The van der Waals surface area contributed by atoms with Crippen molar-refractivity contribution in [1.82, 2.24) is 19.9 Å². The molecule has 9 heteroatoms. The molecule has 0 radical (unpaired) electrons. The third-order valence-corrected chi connectivity index (χ3v) is 3.21. The average Bonchev–Trinajstić information content (AvgIpc) is 2.60. The molecule has 2 aromatic heterocycles. The van der Waals surface area contributed by atoms with E-state index in [9.17, 15) is 0 Å². The highest BCUT2D eigenvalue weighted by atomic mass is 15.2. The number of anilines is 2. The molecule has 1 aromatic carbocycles. The normalized spacial score (nSPS) is 11.6. The minimum atomic E-state index is -0.00825. The Kier molecular flexibility index (Phi) is 3.59. The van der Waals surface area contributed by atoms with Gasteiger partial charge in [0.05, 0.1) is 0 Å². The fraction of sp³-hybridized carbons (Fsp3) is 0.0714. The van der Waals surface area contributed by atoms with Gasteiger partial charge in [0.1, 0.15) is 5.69 Å². The summed E-state index contributed by atoms with van der Waals surface area (Å²) in [5.74, 6) is 6.30. The van der Waals surface area contributed by atoms with Crippen LogP contribution in [0.15, 0.2) is 35.4 Å². The van der Waals surface area contributed by atoms with Crippen molar-refractivity contribution in [3.63, 3.8) is 0 Å². The van der Waals surface area contributed by atoms with Gasteiger partial charge in [0, 0.05) is 12.6 Å². The lowest BCUT2D eigenvalue weighted by Gasteiger charge is -2.09. The van der Waals surface area contributed by atoms with Crippen LogP contribution in [0.2, 0.25) is 0 Å². The van der Waals surface area contributed by atoms with Crippen LogP contribution in [0, 0.1) is 0 Å². The van der Waals surface area contributed by atoms with Crippen LogP contribution in [0.4, 0.5) is 11.6 Å². The summed E-state index contributed by atoms with van der Waals surface area (Å²) in [5.41, 5.74) is 13.4. The zero-order chi connectivity index (χ0) is 16.4. The Bertz CT molecular complexity index is 890. The van der Waals surface area contributed by atoms with Crippen molar-refractivity contribution in [1.29, 1.82) is 0 Å². The molecule has 3 rings (SSSR count). The van der Waals surface area contributed by atoms with E-state index >= 15 is 0 Å². The van der Waals surface area contributed by atoms with Crippen LogP contribution in [-0.4, -0.2) is 32.8 Å². The molecule has 0 aliphatic heterocycles. The molecule has 23 heavy (non-hydrogen) atoms. The van der Waals surface area contributed by atoms with E-state index in [0.29, 0.717) is 22.8 Å². The van der Waals surface area contributed by atoms with Crippen LogP contribution in [0.3, 0.4) is 0 Å². The highest BCUT2D eigenvalue weighted by Gasteiger charge is 2.16. The van der Waals surface area contributed by atoms with Gasteiger partial charge >= 0.3 is 0 Å². The molecule has 0 atom stereocenters. The number of hydrogen-bond donors (Lipinski definition) is 4. The molecule has 3 aromatic rings. The highest BCUT2D eigenvalue weighted by molar-refractivity contribution is 6.01. The molecule has 0 amide bonds. The van der Waals surface area contributed by atoms with Gasteiger partial charge in [-0.25, -0.2) is 19.9 Å². The van der Waals surface area contributed by atoms with Gasteiger partial charge in [-0.05, 0) is 0 Å². The van der Waals surface area contributed by atoms with Crippen molar-refractivity contribution in [2.24, 2.45) is 16.7 Å². The van der Waals surface area contributed by atoms with Gasteiger partial charge in [-0.15, -0.1) is 0 Å². The Balaban J connectivity index is 2.27. The first kappa shape index (κ1) is 14.4. The maximum Gasteiger partial charge on any atom is 0.186 e. The molecular formula is C14H15N9. The lowest BCUT2D eigenvalue weighted by Crippen LogP contribution is -2.20. The third-order valence-electron chi connectivity index (χ3n) is 3.21.